The first-order chi connectivity index (χ1) is 7.58. The van der Waals surface area contributed by atoms with Gasteiger partial charge in [0.15, 0.2) is 0 Å². The zero-order chi connectivity index (χ0) is 11.7. The molecule has 2 rings (SSSR count). The van der Waals surface area contributed by atoms with Crippen molar-refractivity contribution in [2.45, 2.75) is 45.8 Å². The molecule has 0 heterocycles. The lowest BCUT2D eigenvalue weighted by Gasteiger charge is -2.16. The van der Waals surface area contributed by atoms with Crippen LogP contribution in [0.25, 0.3) is 0 Å². The molecule has 1 unspecified atom stereocenters. The summed E-state index contributed by atoms with van der Waals surface area (Å²) in [5.74, 6) is 1.68. The van der Waals surface area contributed by atoms with E-state index in [1.807, 2.05) is 19.9 Å². The van der Waals surface area contributed by atoms with Gasteiger partial charge in [0.05, 0.1) is 6.10 Å². The Hall–Kier alpha value is -1.02. The van der Waals surface area contributed by atoms with E-state index >= 15 is 0 Å². The SMILES string of the molecule is Cc1cc(C(N)C2CC2)ccc1OC(C)C. The summed E-state index contributed by atoms with van der Waals surface area (Å²) in [6.45, 7) is 6.17. The molecule has 1 aromatic carbocycles. The van der Waals surface area contributed by atoms with Gasteiger partial charge in [0, 0.05) is 6.04 Å². The van der Waals surface area contributed by atoms with Crippen molar-refractivity contribution in [2.24, 2.45) is 11.7 Å². The molecule has 88 valence electrons. The highest BCUT2D eigenvalue weighted by Crippen LogP contribution is 2.40. The Bertz CT molecular complexity index is 369. The fraction of sp³-hybridized carbons (Fsp3) is 0.571. The van der Waals surface area contributed by atoms with Crippen LogP contribution in [0.5, 0.6) is 5.75 Å². The first-order valence-electron chi connectivity index (χ1n) is 6.10. The Morgan fingerprint density at radius 1 is 1.31 bits per heavy atom. The molecule has 1 aliphatic carbocycles. The monoisotopic (exact) mass is 219 g/mol. The third-order valence-electron chi connectivity index (χ3n) is 3.08. The van der Waals surface area contributed by atoms with E-state index < -0.39 is 0 Å². The van der Waals surface area contributed by atoms with Crippen LogP contribution in [-0.4, -0.2) is 6.10 Å². The van der Waals surface area contributed by atoms with Gasteiger partial charge in [-0.05, 0) is 56.7 Å². The molecular weight excluding hydrogens is 198 g/mol. The van der Waals surface area contributed by atoms with Crippen LogP contribution in [0.1, 0.15) is 43.9 Å². The lowest BCUT2D eigenvalue weighted by Crippen LogP contribution is -2.13. The summed E-state index contributed by atoms with van der Waals surface area (Å²) in [6, 6.07) is 6.54. The summed E-state index contributed by atoms with van der Waals surface area (Å²) >= 11 is 0. The Balaban J connectivity index is 2.14. The number of benzene rings is 1. The highest BCUT2D eigenvalue weighted by molar-refractivity contribution is 5.38. The zero-order valence-electron chi connectivity index (χ0n) is 10.4. The molecule has 2 nitrogen and oxygen atoms in total. The second-order valence-corrected chi connectivity index (χ2v) is 5.05. The molecular formula is C14H21NO. The van der Waals surface area contributed by atoms with Gasteiger partial charge in [-0.2, -0.15) is 0 Å². The fourth-order valence-electron chi connectivity index (χ4n) is 1.99. The van der Waals surface area contributed by atoms with Gasteiger partial charge < -0.3 is 10.5 Å². The van der Waals surface area contributed by atoms with E-state index in [0.717, 1.165) is 5.75 Å². The minimum atomic E-state index is 0.215. The number of rotatable bonds is 4. The van der Waals surface area contributed by atoms with Crippen LogP contribution >= 0.6 is 0 Å². The molecule has 16 heavy (non-hydrogen) atoms. The fourth-order valence-corrected chi connectivity index (χ4v) is 1.99. The molecule has 0 radical (unpaired) electrons. The lowest BCUT2D eigenvalue weighted by atomic mass is 10.0. The Morgan fingerprint density at radius 3 is 2.50 bits per heavy atom. The van der Waals surface area contributed by atoms with E-state index in [9.17, 15) is 0 Å². The van der Waals surface area contributed by atoms with Gasteiger partial charge in [0.2, 0.25) is 0 Å². The number of hydrogen-bond donors (Lipinski definition) is 1. The van der Waals surface area contributed by atoms with Gasteiger partial charge in [-0.1, -0.05) is 12.1 Å². The van der Waals surface area contributed by atoms with E-state index in [-0.39, 0.29) is 12.1 Å². The summed E-state index contributed by atoms with van der Waals surface area (Å²) in [5.41, 5.74) is 8.61. The molecule has 0 amide bonds. The topological polar surface area (TPSA) is 35.2 Å². The zero-order valence-corrected chi connectivity index (χ0v) is 10.4. The van der Waals surface area contributed by atoms with Crippen molar-refractivity contribution in [1.82, 2.24) is 0 Å². The molecule has 2 N–H and O–H groups in total. The van der Waals surface area contributed by atoms with Gasteiger partial charge in [-0.25, -0.2) is 0 Å². The molecule has 1 fully saturated rings. The summed E-state index contributed by atoms with van der Waals surface area (Å²) < 4.78 is 5.71. The van der Waals surface area contributed by atoms with Crippen LogP contribution < -0.4 is 10.5 Å². The van der Waals surface area contributed by atoms with Crippen molar-refractivity contribution in [1.29, 1.82) is 0 Å². The molecule has 0 aromatic heterocycles. The Labute approximate surface area is 97.8 Å². The number of hydrogen-bond acceptors (Lipinski definition) is 2. The summed E-state index contributed by atoms with van der Waals surface area (Å²) in [5, 5.41) is 0. The highest BCUT2D eigenvalue weighted by atomic mass is 16.5. The second-order valence-electron chi connectivity index (χ2n) is 5.05. The van der Waals surface area contributed by atoms with E-state index in [2.05, 4.69) is 19.1 Å². The Morgan fingerprint density at radius 2 is 2.00 bits per heavy atom. The van der Waals surface area contributed by atoms with E-state index in [0.29, 0.717) is 5.92 Å². The van der Waals surface area contributed by atoms with Crippen LogP contribution in [0.2, 0.25) is 0 Å². The Kier molecular flexibility index (Phi) is 3.20. The molecule has 0 saturated heterocycles. The van der Waals surface area contributed by atoms with Crippen molar-refractivity contribution in [3.05, 3.63) is 29.3 Å². The molecule has 0 aliphatic heterocycles. The average molecular weight is 219 g/mol. The van der Waals surface area contributed by atoms with Crippen molar-refractivity contribution in [3.63, 3.8) is 0 Å². The smallest absolute Gasteiger partial charge is 0.122 e. The van der Waals surface area contributed by atoms with Crippen LogP contribution in [-0.2, 0) is 0 Å². The number of nitrogens with two attached hydrogens (primary N) is 1. The van der Waals surface area contributed by atoms with Gasteiger partial charge in [-0.15, -0.1) is 0 Å². The summed E-state index contributed by atoms with van der Waals surface area (Å²) in [6.07, 6.45) is 2.79. The molecule has 1 aliphatic rings. The van der Waals surface area contributed by atoms with Crippen LogP contribution in [0.3, 0.4) is 0 Å². The largest absolute Gasteiger partial charge is 0.491 e. The minimum Gasteiger partial charge on any atom is -0.491 e. The number of aryl methyl sites for hydroxylation is 1. The maximum atomic E-state index is 6.18. The first kappa shape index (κ1) is 11.5. The van der Waals surface area contributed by atoms with Crippen molar-refractivity contribution in [3.8, 4) is 5.75 Å². The van der Waals surface area contributed by atoms with Crippen LogP contribution in [0, 0.1) is 12.8 Å². The van der Waals surface area contributed by atoms with Gasteiger partial charge in [-0.3, -0.25) is 0 Å². The normalized spacial score (nSPS) is 17.6. The van der Waals surface area contributed by atoms with E-state index in [1.165, 1.54) is 24.0 Å². The summed E-state index contributed by atoms with van der Waals surface area (Å²) in [4.78, 5) is 0. The predicted octanol–water partition coefficient (Wildman–Crippen LogP) is 3.19. The minimum absolute atomic E-state index is 0.215. The second kappa shape index (κ2) is 4.46. The predicted molar refractivity (Wildman–Crippen MR) is 66.6 cm³/mol. The van der Waals surface area contributed by atoms with Crippen LogP contribution in [0.15, 0.2) is 18.2 Å². The van der Waals surface area contributed by atoms with Gasteiger partial charge in [0.1, 0.15) is 5.75 Å². The first-order valence-corrected chi connectivity index (χ1v) is 6.10. The lowest BCUT2D eigenvalue weighted by molar-refractivity contribution is 0.240. The highest BCUT2D eigenvalue weighted by Gasteiger charge is 2.29. The third-order valence-corrected chi connectivity index (χ3v) is 3.08. The van der Waals surface area contributed by atoms with Crippen LogP contribution in [0.4, 0.5) is 0 Å². The molecule has 0 spiro atoms. The van der Waals surface area contributed by atoms with Crippen molar-refractivity contribution in [2.75, 3.05) is 0 Å². The molecule has 1 atom stereocenters. The molecule has 1 aromatic rings. The van der Waals surface area contributed by atoms with Crippen molar-refractivity contribution >= 4 is 0 Å². The average Bonchev–Trinajstić information content (AvgIpc) is 3.03. The van der Waals surface area contributed by atoms with Crippen molar-refractivity contribution < 1.29 is 4.74 Å². The maximum Gasteiger partial charge on any atom is 0.122 e. The van der Waals surface area contributed by atoms with Gasteiger partial charge >= 0.3 is 0 Å². The molecule has 2 heteroatoms. The van der Waals surface area contributed by atoms with Gasteiger partial charge in [0.25, 0.3) is 0 Å². The standard InChI is InChI=1S/C14H21NO/c1-9(2)16-13-7-6-12(8-10(13)3)14(15)11-4-5-11/h6-9,11,14H,4-5,15H2,1-3H3. The summed E-state index contributed by atoms with van der Waals surface area (Å²) in [7, 11) is 0. The molecule has 0 bridgehead atoms. The third kappa shape index (κ3) is 2.56. The van der Waals surface area contributed by atoms with E-state index in [1.54, 1.807) is 0 Å². The number of ether oxygens (including phenoxy) is 1. The molecule has 1 saturated carbocycles. The van der Waals surface area contributed by atoms with E-state index in [4.69, 9.17) is 10.5 Å². The maximum absolute atomic E-state index is 6.18. The quantitative estimate of drug-likeness (QED) is 0.844.